The molecular weight excluding hydrogens is 238 g/mol. The molecule has 0 spiro atoms. The summed E-state index contributed by atoms with van der Waals surface area (Å²) in [5.41, 5.74) is 0.999. The number of aryl methyl sites for hydroxylation is 1. The van der Waals surface area contributed by atoms with Crippen LogP contribution in [0, 0.1) is 0 Å². The van der Waals surface area contributed by atoms with Crippen molar-refractivity contribution in [2.75, 3.05) is 0 Å². The number of halogens is 1. The van der Waals surface area contributed by atoms with E-state index in [1.807, 2.05) is 42.1 Å². The molecule has 0 aliphatic rings. The van der Waals surface area contributed by atoms with E-state index in [4.69, 9.17) is 11.6 Å². The van der Waals surface area contributed by atoms with E-state index in [0.717, 1.165) is 16.5 Å². The van der Waals surface area contributed by atoms with Crippen molar-refractivity contribution in [2.24, 2.45) is 7.05 Å². The van der Waals surface area contributed by atoms with Crippen molar-refractivity contribution in [3.05, 3.63) is 55.9 Å². The van der Waals surface area contributed by atoms with Crippen molar-refractivity contribution < 1.29 is 0 Å². The van der Waals surface area contributed by atoms with Crippen LogP contribution >= 0.6 is 11.6 Å². The summed E-state index contributed by atoms with van der Waals surface area (Å²) in [5, 5.41) is 0.982. The molecule has 0 aliphatic carbocycles. The molecule has 0 aliphatic heterocycles. The normalized spacial score (nSPS) is 11.4. The highest BCUT2D eigenvalue weighted by atomic mass is 35.5. The average Bonchev–Trinajstić information content (AvgIpc) is 2.67. The van der Waals surface area contributed by atoms with Gasteiger partial charge in [0.2, 0.25) is 10.9 Å². The molecule has 0 atom stereocenters. The van der Waals surface area contributed by atoms with Gasteiger partial charge in [0.25, 0.3) is 0 Å². The first-order valence-electron chi connectivity index (χ1n) is 5.14. The topological polar surface area (TPSA) is 39.1 Å². The maximum absolute atomic E-state index is 11.5. The van der Waals surface area contributed by atoms with E-state index in [2.05, 4.69) is 0 Å². The minimum Gasteiger partial charge on any atom is -0.350 e. The third kappa shape index (κ3) is 1.23. The van der Waals surface area contributed by atoms with Gasteiger partial charge in [0, 0.05) is 29.7 Å². The van der Waals surface area contributed by atoms with Gasteiger partial charge in [0.1, 0.15) is 5.02 Å². The van der Waals surface area contributed by atoms with Gasteiger partial charge in [0.05, 0.1) is 5.56 Å². The SMILES string of the molecule is Cn1cc(-c2c(Cl)c(=O)c2=O)c2ccccc21. The van der Waals surface area contributed by atoms with Gasteiger partial charge in [-0.15, -0.1) is 0 Å². The van der Waals surface area contributed by atoms with Crippen molar-refractivity contribution >= 4 is 22.5 Å². The van der Waals surface area contributed by atoms with E-state index < -0.39 is 10.9 Å². The first-order chi connectivity index (χ1) is 8.11. The summed E-state index contributed by atoms with van der Waals surface area (Å²) in [4.78, 5) is 22.7. The zero-order chi connectivity index (χ0) is 12.2. The molecule has 3 aromatic rings. The molecule has 4 heteroatoms. The van der Waals surface area contributed by atoms with Crippen molar-refractivity contribution in [1.82, 2.24) is 4.57 Å². The lowest BCUT2D eigenvalue weighted by molar-refractivity contribution is 0.970. The van der Waals surface area contributed by atoms with Crippen LogP contribution < -0.4 is 10.9 Å². The van der Waals surface area contributed by atoms with Crippen LogP contribution in [-0.2, 0) is 7.05 Å². The second-order valence-electron chi connectivity index (χ2n) is 4.02. The quantitative estimate of drug-likeness (QED) is 0.616. The Kier molecular flexibility index (Phi) is 2.00. The molecule has 1 aromatic heterocycles. The van der Waals surface area contributed by atoms with Crippen molar-refractivity contribution in [3.63, 3.8) is 0 Å². The van der Waals surface area contributed by atoms with E-state index in [-0.39, 0.29) is 5.02 Å². The highest BCUT2D eigenvalue weighted by Crippen LogP contribution is 2.31. The molecule has 0 bridgehead atoms. The largest absolute Gasteiger partial charge is 0.350 e. The maximum Gasteiger partial charge on any atom is 0.245 e. The Morgan fingerprint density at radius 3 is 2.53 bits per heavy atom. The van der Waals surface area contributed by atoms with Gasteiger partial charge in [-0.1, -0.05) is 29.8 Å². The Hall–Kier alpha value is -1.87. The number of benzene rings is 1. The highest BCUT2D eigenvalue weighted by molar-refractivity contribution is 6.34. The van der Waals surface area contributed by atoms with Gasteiger partial charge in [-0.05, 0) is 6.07 Å². The summed E-state index contributed by atoms with van der Waals surface area (Å²) in [6.45, 7) is 0. The van der Waals surface area contributed by atoms with Gasteiger partial charge >= 0.3 is 0 Å². The Morgan fingerprint density at radius 1 is 1.12 bits per heavy atom. The van der Waals surface area contributed by atoms with E-state index in [1.54, 1.807) is 0 Å². The van der Waals surface area contributed by atoms with E-state index in [9.17, 15) is 9.59 Å². The van der Waals surface area contributed by atoms with Crippen LogP contribution in [0.5, 0.6) is 0 Å². The Bertz CT molecular complexity index is 807. The summed E-state index contributed by atoms with van der Waals surface area (Å²) >= 11 is 5.80. The van der Waals surface area contributed by atoms with Crippen LogP contribution in [0.1, 0.15) is 0 Å². The lowest BCUT2D eigenvalue weighted by atomic mass is 10.0. The lowest BCUT2D eigenvalue weighted by Gasteiger charge is -2.03. The smallest absolute Gasteiger partial charge is 0.245 e. The summed E-state index contributed by atoms with van der Waals surface area (Å²) in [7, 11) is 1.89. The lowest BCUT2D eigenvalue weighted by Crippen LogP contribution is -2.33. The van der Waals surface area contributed by atoms with E-state index in [1.165, 1.54) is 0 Å². The van der Waals surface area contributed by atoms with Crippen LogP contribution in [0.2, 0.25) is 5.02 Å². The molecule has 2 aromatic carbocycles. The molecule has 84 valence electrons. The molecule has 3 nitrogen and oxygen atoms in total. The zero-order valence-electron chi connectivity index (χ0n) is 9.03. The van der Waals surface area contributed by atoms with Crippen molar-refractivity contribution in [1.29, 1.82) is 0 Å². The predicted molar refractivity (Wildman–Crippen MR) is 68.3 cm³/mol. The minimum absolute atomic E-state index is 0.0475. The molecule has 3 rings (SSSR count). The Morgan fingerprint density at radius 2 is 1.82 bits per heavy atom. The number of rotatable bonds is 1. The number of hydrogen-bond acceptors (Lipinski definition) is 2. The van der Waals surface area contributed by atoms with Crippen LogP contribution in [0.15, 0.2) is 40.1 Å². The van der Waals surface area contributed by atoms with Crippen LogP contribution in [0.3, 0.4) is 0 Å². The summed E-state index contributed by atoms with van der Waals surface area (Å²) in [6.07, 6.45) is 1.83. The highest BCUT2D eigenvalue weighted by Gasteiger charge is 2.23. The molecule has 0 amide bonds. The van der Waals surface area contributed by atoms with Gasteiger partial charge < -0.3 is 4.57 Å². The number of hydrogen-bond donors (Lipinski definition) is 0. The molecule has 0 saturated heterocycles. The number of nitrogens with zero attached hydrogens (tertiary/aromatic N) is 1. The number of fused-ring (bicyclic) bond motifs is 1. The fourth-order valence-corrected chi connectivity index (χ4v) is 2.42. The van der Waals surface area contributed by atoms with Crippen LogP contribution in [0.4, 0.5) is 0 Å². The third-order valence-electron chi connectivity index (χ3n) is 3.02. The summed E-state index contributed by atoms with van der Waals surface area (Å²) < 4.78 is 1.91. The molecule has 17 heavy (non-hydrogen) atoms. The minimum atomic E-state index is -0.588. The molecule has 0 radical (unpaired) electrons. The van der Waals surface area contributed by atoms with E-state index >= 15 is 0 Å². The predicted octanol–water partition coefficient (Wildman–Crippen LogP) is 2.09. The monoisotopic (exact) mass is 245 g/mol. The van der Waals surface area contributed by atoms with Gasteiger partial charge in [-0.3, -0.25) is 9.59 Å². The maximum atomic E-state index is 11.5. The molecule has 0 unspecified atom stereocenters. The fourth-order valence-electron chi connectivity index (χ4n) is 2.15. The summed E-state index contributed by atoms with van der Waals surface area (Å²) in [5.74, 6) is 0. The fraction of sp³-hybridized carbons (Fsp3) is 0.0769. The first kappa shape index (κ1) is 10.3. The Labute approximate surface area is 102 Å². The summed E-state index contributed by atoms with van der Waals surface area (Å²) in [6, 6.07) is 7.69. The van der Waals surface area contributed by atoms with Crippen LogP contribution in [-0.4, -0.2) is 4.57 Å². The molecule has 0 saturated carbocycles. The van der Waals surface area contributed by atoms with Gasteiger partial charge in [-0.25, -0.2) is 0 Å². The van der Waals surface area contributed by atoms with E-state index in [0.29, 0.717) is 5.56 Å². The second-order valence-corrected chi connectivity index (χ2v) is 4.40. The van der Waals surface area contributed by atoms with Crippen molar-refractivity contribution in [3.8, 4) is 11.1 Å². The van der Waals surface area contributed by atoms with Gasteiger partial charge in [-0.2, -0.15) is 0 Å². The first-order valence-corrected chi connectivity index (χ1v) is 5.52. The van der Waals surface area contributed by atoms with Crippen LogP contribution in [0.25, 0.3) is 22.0 Å². The third-order valence-corrected chi connectivity index (χ3v) is 3.38. The zero-order valence-corrected chi connectivity index (χ0v) is 9.78. The number of aromatic nitrogens is 1. The Balaban J connectivity index is 2.41. The standard InChI is InChI=1S/C13H8ClNO2/c1-15-6-8(7-4-2-3-5-9(7)15)10-11(14)13(17)12(10)16/h2-6H,1H3. The van der Waals surface area contributed by atoms with Gasteiger partial charge in [0.15, 0.2) is 0 Å². The molecular formula is C13H8ClNO2. The van der Waals surface area contributed by atoms with Crippen molar-refractivity contribution in [2.45, 2.75) is 0 Å². The molecule has 0 fully saturated rings. The molecule has 0 N–H and O–H groups in total. The average molecular weight is 246 g/mol. The number of para-hydroxylation sites is 1. The molecule has 1 heterocycles. The second kappa shape index (κ2) is 3.31.